The third-order valence-corrected chi connectivity index (χ3v) is 4.07. The fraction of sp³-hybridized carbons (Fsp3) is 0.273. The normalized spacial score (nSPS) is 13.5. The summed E-state index contributed by atoms with van der Waals surface area (Å²) in [6, 6.07) is 15.4. The Morgan fingerprint density at radius 1 is 1.04 bits per heavy atom. The summed E-state index contributed by atoms with van der Waals surface area (Å²) in [6.07, 6.45) is 2.96. The van der Waals surface area contributed by atoms with Gasteiger partial charge in [0.15, 0.2) is 0 Å². The predicted octanol–water partition coefficient (Wildman–Crippen LogP) is 4.59. The first kappa shape index (κ1) is 18.7. The van der Waals surface area contributed by atoms with Crippen LogP contribution in [0, 0.1) is 0 Å². The Kier molecular flexibility index (Phi) is 5.31. The number of nitrogens with one attached hydrogen (secondary N) is 1. The lowest BCUT2D eigenvalue weighted by molar-refractivity contribution is -0.111. The molecule has 1 aliphatic heterocycles. The van der Waals surface area contributed by atoms with Crippen molar-refractivity contribution in [3.05, 3.63) is 71.3 Å². The van der Waals surface area contributed by atoms with Crippen molar-refractivity contribution >= 4 is 23.8 Å². The van der Waals surface area contributed by atoms with Crippen molar-refractivity contribution in [3.8, 4) is 0 Å². The molecule has 0 unspecified atom stereocenters. The minimum Gasteiger partial charge on any atom is -0.444 e. The summed E-state index contributed by atoms with van der Waals surface area (Å²) < 4.78 is 5.43. The predicted molar refractivity (Wildman–Crippen MR) is 106 cm³/mol. The van der Waals surface area contributed by atoms with Crippen LogP contribution in [0.15, 0.2) is 54.6 Å². The van der Waals surface area contributed by atoms with E-state index in [1.165, 1.54) is 6.08 Å². The first-order valence-corrected chi connectivity index (χ1v) is 8.94. The van der Waals surface area contributed by atoms with Crippen molar-refractivity contribution in [3.63, 3.8) is 0 Å². The van der Waals surface area contributed by atoms with E-state index in [1.54, 1.807) is 11.0 Å². The monoisotopic (exact) mass is 364 g/mol. The second kappa shape index (κ2) is 7.66. The van der Waals surface area contributed by atoms with Crippen LogP contribution in [-0.4, -0.2) is 22.5 Å². The highest BCUT2D eigenvalue weighted by molar-refractivity contribution is 6.02. The Balaban J connectivity index is 1.61. The maximum Gasteiger partial charge on any atom is 0.410 e. The largest absolute Gasteiger partial charge is 0.444 e. The number of rotatable bonds is 3. The molecule has 0 spiro atoms. The molecule has 0 saturated carbocycles. The summed E-state index contributed by atoms with van der Waals surface area (Å²) in [5.74, 6) is -0.194. The number of amides is 2. The van der Waals surface area contributed by atoms with Crippen molar-refractivity contribution in [1.29, 1.82) is 0 Å². The third kappa shape index (κ3) is 5.20. The Morgan fingerprint density at radius 3 is 2.44 bits per heavy atom. The first-order valence-electron chi connectivity index (χ1n) is 8.94. The van der Waals surface area contributed by atoms with Crippen molar-refractivity contribution in [1.82, 2.24) is 4.90 Å². The van der Waals surface area contributed by atoms with Crippen LogP contribution in [0.1, 0.15) is 37.5 Å². The molecule has 2 aromatic rings. The number of benzene rings is 2. The minimum absolute atomic E-state index is 0.194. The van der Waals surface area contributed by atoms with Crippen molar-refractivity contribution in [2.45, 2.75) is 39.5 Å². The molecule has 1 heterocycles. The zero-order chi connectivity index (χ0) is 19.4. The Labute approximate surface area is 159 Å². The highest BCUT2D eigenvalue weighted by Crippen LogP contribution is 2.27. The highest BCUT2D eigenvalue weighted by Gasteiger charge is 2.27. The lowest BCUT2D eigenvalue weighted by Gasteiger charge is -2.24. The van der Waals surface area contributed by atoms with Gasteiger partial charge in [-0.3, -0.25) is 9.69 Å². The van der Waals surface area contributed by atoms with Gasteiger partial charge in [-0.25, -0.2) is 4.79 Å². The molecular formula is C22H24N2O3. The second-order valence-corrected chi connectivity index (χ2v) is 7.55. The van der Waals surface area contributed by atoms with Crippen LogP contribution in [0.5, 0.6) is 0 Å². The molecule has 2 amide bonds. The molecule has 0 radical (unpaired) electrons. The Hall–Kier alpha value is -3.08. The second-order valence-electron chi connectivity index (χ2n) is 7.55. The van der Waals surface area contributed by atoms with E-state index in [2.05, 4.69) is 5.32 Å². The van der Waals surface area contributed by atoms with Crippen LogP contribution in [0.25, 0.3) is 6.08 Å². The minimum atomic E-state index is -0.518. The van der Waals surface area contributed by atoms with Gasteiger partial charge in [0.25, 0.3) is 0 Å². The van der Waals surface area contributed by atoms with E-state index in [0.29, 0.717) is 18.8 Å². The van der Waals surface area contributed by atoms with Gasteiger partial charge >= 0.3 is 6.09 Å². The van der Waals surface area contributed by atoms with Gasteiger partial charge in [-0.2, -0.15) is 0 Å². The molecule has 1 N–H and O–H groups in total. The fourth-order valence-corrected chi connectivity index (χ4v) is 2.85. The van der Waals surface area contributed by atoms with Gasteiger partial charge in [0.05, 0.1) is 0 Å². The molecule has 5 heteroatoms. The van der Waals surface area contributed by atoms with Gasteiger partial charge in [0.2, 0.25) is 5.91 Å². The lowest BCUT2D eigenvalue weighted by atomic mass is 10.1. The van der Waals surface area contributed by atoms with E-state index in [1.807, 2.05) is 69.3 Å². The SMILES string of the molecule is CC(C)(C)OC(=O)N1Cc2ccc(NC(=O)/C=C/c3ccccc3)cc2C1. The van der Waals surface area contributed by atoms with E-state index >= 15 is 0 Å². The van der Waals surface area contributed by atoms with E-state index in [-0.39, 0.29) is 12.0 Å². The van der Waals surface area contributed by atoms with Gasteiger partial charge in [-0.15, -0.1) is 0 Å². The molecule has 0 bridgehead atoms. The number of anilines is 1. The summed E-state index contributed by atoms with van der Waals surface area (Å²) in [5.41, 5.74) is 3.25. The zero-order valence-corrected chi connectivity index (χ0v) is 15.9. The third-order valence-electron chi connectivity index (χ3n) is 4.07. The van der Waals surface area contributed by atoms with Gasteiger partial charge < -0.3 is 10.1 Å². The number of carbonyl (C=O) groups excluding carboxylic acids is 2. The molecule has 5 nitrogen and oxygen atoms in total. The fourth-order valence-electron chi connectivity index (χ4n) is 2.85. The summed E-state index contributed by atoms with van der Waals surface area (Å²) in [7, 11) is 0. The van der Waals surface area contributed by atoms with Crippen molar-refractivity contribution < 1.29 is 14.3 Å². The average molecular weight is 364 g/mol. The molecular weight excluding hydrogens is 340 g/mol. The van der Waals surface area contributed by atoms with Crippen LogP contribution in [0.2, 0.25) is 0 Å². The van der Waals surface area contributed by atoms with E-state index < -0.39 is 5.60 Å². The first-order chi connectivity index (χ1) is 12.8. The smallest absolute Gasteiger partial charge is 0.410 e. The highest BCUT2D eigenvalue weighted by atomic mass is 16.6. The maximum absolute atomic E-state index is 12.2. The van der Waals surface area contributed by atoms with Crippen molar-refractivity contribution in [2.75, 3.05) is 5.32 Å². The van der Waals surface area contributed by atoms with Crippen LogP contribution < -0.4 is 5.32 Å². The van der Waals surface area contributed by atoms with Crippen LogP contribution in [0.4, 0.5) is 10.5 Å². The molecule has 0 atom stereocenters. The number of hydrogen-bond acceptors (Lipinski definition) is 3. The van der Waals surface area contributed by atoms with E-state index in [0.717, 1.165) is 16.7 Å². The summed E-state index contributed by atoms with van der Waals surface area (Å²) in [4.78, 5) is 26.0. The standard InChI is InChI=1S/C22H24N2O3/c1-22(2,3)27-21(26)24-14-17-10-11-19(13-18(17)15-24)23-20(25)12-9-16-7-5-4-6-8-16/h4-13H,14-15H2,1-3H3,(H,23,25)/b12-9+. The van der Waals surface area contributed by atoms with Gasteiger partial charge in [-0.05, 0) is 55.7 Å². The van der Waals surface area contributed by atoms with Crippen LogP contribution in [0.3, 0.4) is 0 Å². The molecule has 1 aliphatic rings. The average Bonchev–Trinajstić information content (AvgIpc) is 3.03. The quantitative estimate of drug-likeness (QED) is 0.811. The van der Waals surface area contributed by atoms with E-state index in [9.17, 15) is 9.59 Å². The number of ether oxygens (including phenoxy) is 1. The number of nitrogens with zero attached hydrogens (tertiary/aromatic N) is 1. The lowest BCUT2D eigenvalue weighted by Crippen LogP contribution is -2.33. The Bertz CT molecular complexity index is 867. The molecule has 140 valence electrons. The Morgan fingerprint density at radius 2 is 1.74 bits per heavy atom. The van der Waals surface area contributed by atoms with E-state index in [4.69, 9.17) is 4.74 Å². The molecule has 27 heavy (non-hydrogen) atoms. The molecule has 3 rings (SSSR count). The summed E-state index contributed by atoms with van der Waals surface area (Å²) in [5, 5.41) is 2.86. The van der Waals surface area contributed by atoms with Gasteiger partial charge in [0, 0.05) is 24.9 Å². The molecule has 2 aromatic carbocycles. The summed E-state index contributed by atoms with van der Waals surface area (Å²) in [6.45, 7) is 6.56. The molecule has 0 aromatic heterocycles. The van der Waals surface area contributed by atoms with Gasteiger partial charge in [-0.1, -0.05) is 36.4 Å². The van der Waals surface area contributed by atoms with Crippen molar-refractivity contribution in [2.24, 2.45) is 0 Å². The zero-order valence-electron chi connectivity index (χ0n) is 15.9. The number of fused-ring (bicyclic) bond motifs is 1. The molecule has 0 aliphatic carbocycles. The summed E-state index contributed by atoms with van der Waals surface area (Å²) >= 11 is 0. The number of hydrogen-bond donors (Lipinski definition) is 1. The topological polar surface area (TPSA) is 58.6 Å². The number of carbonyl (C=O) groups is 2. The molecule has 0 saturated heterocycles. The molecule has 0 fully saturated rings. The maximum atomic E-state index is 12.2. The van der Waals surface area contributed by atoms with Crippen LogP contribution in [-0.2, 0) is 22.6 Å². The van der Waals surface area contributed by atoms with Gasteiger partial charge in [0.1, 0.15) is 5.60 Å². The van der Waals surface area contributed by atoms with Crippen LogP contribution >= 0.6 is 0 Å².